The second-order valence-electron chi connectivity index (χ2n) is 4.41. The molecule has 1 N–H and O–H groups in total. The van der Waals surface area contributed by atoms with Crippen molar-refractivity contribution in [3.8, 4) is 0 Å². The number of carbonyl (C=O) groups excluding carboxylic acids is 1. The fourth-order valence-corrected chi connectivity index (χ4v) is 1.95. The van der Waals surface area contributed by atoms with E-state index in [4.69, 9.17) is 4.74 Å². The molecule has 17 heavy (non-hydrogen) atoms. The summed E-state index contributed by atoms with van der Waals surface area (Å²) in [6, 6.07) is 0. The van der Waals surface area contributed by atoms with Crippen LogP contribution in [-0.4, -0.2) is 23.7 Å². The molecule has 4 heteroatoms. The second kappa shape index (κ2) is 6.42. The number of unbranched alkanes of at least 4 members (excludes halogenated alkanes) is 2. The molecule has 0 bridgehead atoms. The summed E-state index contributed by atoms with van der Waals surface area (Å²) in [4.78, 5) is 23.1. The zero-order valence-corrected chi connectivity index (χ0v) is 10.3. The first-order valence-electron chi connectivity index (χ1n) is 6.22. The maximum atomic E-state index is 11.9. The Kier molecular flexibility index (Phi) is 5.19. The van der Waals surface area contributed by atoms with Gasteiger partial charge in [0, 0.05) is 0 Å². The lowest BCUT2D eigenvalue weighted by molar-refractivity contribution is -0.165. The van der Waals surface area contributed by atoms with Gasteiger partial charge in [0.25, 0.3) is 0 Å². The smallest absolute Gasteiger partial charge is 0.327 e. The minimum atomic E-state index is -1.44. The molecule has 0 saturated heterocycles. The number of allylic oxidation sites excluding steroid dienone is 1. The molecule has 0 unspecified atom stereocenters. The Labute approximate surface area is 102 Å². The number of esters is 1. The number of hydrogen-bond acceptors (Lipinski definition) is 3. The molecule has 0 aromatic rings. The van der Waals surface area contributed by atoms with Gasteiger partial charge in [-0.15, -0.1) is 0 Å². The summed E-state index contributed by atoms with van der Waals surface area (Å²) in [7, 11) is 0. The van der Waals surface area contributed by atoms with Crippen molar-refractivity contribution in [2.75, 3.05) is 6.61 Å². The normalized spacial score (nSPS) is 23.4. The molecule has 1 aliphatic carbocycles. The highest BCUT2D eigenvalue weighted by molar-refractivity contribution is 6.01. The van der Waals surface area contributed by atoms with Crippen molar-refractivity contribution in [3.63, 3.8) is 0 Å². The predicted molar refractivity (Wildman–Crippen MR) is 63.5 cm³/mol. The summed E-state index contributed by atoms with van der Waals surface area (Å²) in [5.74, 6) is -1.72. The molecule has 4 nitrogen and oxygen atoms in total. The maximum absolute atomic E-state index is 11.9. The van der Waals surface area contributed by atoms with E-state index in [-0.39, 0.29) is 0 Å². The van der Waals surface area contributed by atoms with Gasteiger partial charge in [0.05, 0.1) is 6.61 Å². The first-order chi connectivity index (χ1) is 8.13. The summed E-state index contributed by atoms with van der Waals surface area (Å²) in [6.07, 6.45) is 7.95. The molecule has 0 amide bonds. The summed E-state index contributed by atoms with van der Waals surface area (Å²) in [5.41, 5.74) is -1.44. The second-order valence-corrected chi connectivity index (χ2v) is 4.41. The van der Waals surface area contributed by atoms with E-state index in [0.29, 0.717) is 19.4 Å². The molecule has 96 valence electrons. The van der Waals surface area contributed by atoms with Crippen LogP contribution < -0.4 is 0 Å². The molecule has 1 aliphatic rings. The molecule has 0 saturated carbocycles. The third-order valence-electron chi connectivity index (χ3n) is 3.07. The minimum absolute atomic E-state index is 0.315. The van der Waals surface area contributed by atoms with Crippen LogP contribution in [0.2, 0.25) is 0 Å². The number of ether oxygens (including phenoxy) is 1. The monoisotopic (exact) mass is 240 g/mol. The summed E-state index contributed by atoms with van der Waals surface area (Å²) < 4.78 is 5.08. The highest BCUT2D eigenvalue weighted by atomic mass is 16.5. The zero-order valence-electron chi connectivity index (χ0n) is 10.3. The van der Waals surface area contributed by atoms with Crippen molar-refractivity contribution in [1.82, 2.24) is 0 Å². The fourth-order valence-electron chi connectivity index (χ4n) is 1.95. The Hall–Kier alpha value is -1.32. The number of aliphatic carboxylic acids is 1. The predicted octanol–water partition coefficient (Wildman–Crippen LogP) is 2.53. The van der Waals surface area contributed by atoms with Crippen LogP contribution in [0.25, 0.3) is 0 Å². The van der Waals surface area contributed by atoms with E-state index in [2.05, 4.69) is 6.92 Å². The number of carboxylic acid groups (broad SMARTS) is 1. The molecule has 0 heterocycles. The topological polar surface area (TPSA) is 63.6 Å². The van der Waals surface area contributed by atoms with Crippen molar-refractivity contribution < 1.29 is 19.4 Å². The molecule has 1 rings (SSSR count). The van der Waals surface area contributed by atoms with Crippen molar-refractivity contribution in [3.05, 3.63) is 12.2 Å². The van der Waals surface area contributed by atoms with Crippen molar-refractivity contribution in [1.29, 1.82) is 0 Å². The Morgan fingerprint density at radius 2 is 2.18 bits per heavy atom. The Bertz CT molecular complexity index is 309. The molecule has 0 aromatic heterocycles. The molecule has 0 spiro atoms. The highest BCUT2D eigenvalue weighted by Crippen LogP contribution is 2.32. The van der Waals surface area contributed by atoms with Crippen LogP contribution >= 0.6 is 0 Å². The van der Waals surface area contributed by atoms with Gasteiger partial charge < -0.3 is 9.84 Å². The van der Waals surface area contributed by atoms with E-state index in [1.54, 1.807) is 6.08 Å². The van der Waals surface area contributed by atoms with Crippen LogP contribution in [0.5, 0.6) is 0 Å². The van der Waals surface area contributed by atoms with E-state index in [9.17, 15) is 14.7 Å². The number of hydrogen-bond donors (Lipinski definition) is 1. The van der Waals surface area contributed by atoms with Gasteiger partial charge in [-0.2, -0.15) is 0 Å². The maximum Gasteiger partial charge on any atom is 0.327 e. The largest absolute Gasteiger partial charge is 0.480 e. The van der Waals surface area contributed by atoms with E-state index in [1.165, 1.54) is 6.08 Å². The fraction of sp³-hybridized carbons (Fsp3) is 0.692. The van der Waals surface area contributed by atoms with Crippen LogP contribution in [-0.2, 0) is 14.3 Å². The first kappa shape index (κ1) is 13.7. The van der Waals surface area contributed by atoms with Gasteiger partial charge in [0.15, 0.2) is 5.41 Å². The molecule has 1 atom stereocenters. The molecule has 0 radical (unpaired) electrons. The molecule has 0 aliphatic heterocycles. The standard InChI is InChI=1S/C13H20O4/c1-2-3-7-10-17-12(16)13(11(14)15)8-5-4-6-9-13/h5,8H,2-4,6-7,9-10H2,1H3,(H,14,15)/t13-/m0/s1. The number of carboxylic acids is 1. The minimum Gasteiger partial charge on any atom is -0.480 e. The zero-order chi connectivity index (χ0) is 12.7. The van der Waals surface area contributed by atoms with E-state index < -0.39 is 17.4 Å². The molecular formula is C13H20O4. The van der Waals surface area contributed by atoms with Gasteiger partial charge in [-0.3, -0.25) is 9.59 Å². The summed E-state index contributed by atoms with van der Waals surface area (Å²) in [5, 5.41) is 9.21. The molecule has 0 aromatic carbocycles. The van der Waals surface area contributed by atoms with Gasteiger partial charge in [-0.25, -0.2) is 0 Å². The van der Waals surface area contributed by atoms with Crippen molar-refractivity contribution in [2.24, 2.45) is 5.41 Å². The molecular weight excluding hydrogens is 220 g/mol. The summed E-state index contributed by atoms with van der Waals surface area (Å²) >= 11 is 0. The lowest BCUT2D eigenvalue weighted by Crippen LogP contribution is -2.40. The average molecular weight is 240 g/mol. The van der Waals surface area contributed by atoms with Crippen LogP contribution in [0, 0.1) is 5.41 Å². The Morgan fingerprint density at radius 1 is 1.41 bits per heavy atom. The van der Waals surface area contributed by atoms with Gasteiger partial charge in [-0.05, 0) is 25.7 Å². The quantitative estimate of drug-likeness (QED) is 0.335. The Morgan fingerprint density at radius 3 is 2.71 bits per heavy atom. The van der Waals surface area contributed by atoms with Crippen LogP contribution in [0.3, 0.4) is 0 Å². The third-order valence-corrected chi connectivity index (χ3v) is 3.07. The average Bonchev–Trinajstić information content (AvgIpc) is 2.35. The van der Waals surface area contributed by atoms with E-state index in [1.807, 2.05) is 0 Å². The number of carbonyl (C=O) groups is 2. The molecule has 0 fully saturated rings. The van der Waals surface area contributed by atoms with Crippen LogP contribution in [0.15, 0.2) is 12.2 Å². The van der Waals surface area contributed by atoms with Gasteiger partial charge >= 0.3 is 11.9 Å². The lowest BCUT2D eigenvalue weighted by Gasteiger charge is -2.26. The number of rotatable bonds is 6. The van der Waals surface area contributed by atoms with Gasteiger partial charge in [-0.1, -0.05) is 31.9 Å². The van der Waals surface area contributed by atoms with E-state index in [0.717, 1.165) is 25.7 Å². The van der Waals surface area contributed by atoms with Crippen LogP contribution in [0.1, 0.15) is 45.4 Å². The first-order valence-corrected chi connectivity index (χ1v) is 6.22. The summed E-state index contributed by atoms with van der Waals surface area (Å²) in [6.45, 7) is 2.37. The highest BCUT2D eigenvalue weighted by Gasteiger charge is 2.45. The Balaban J connectivity index is 2.59. The van der Waals surface area contributed by atoms with Crippen LogP contribution in [0.4, 0.5) is 0 Å². The van der Waals surface area contributed by atoms with Crippen molar-refractivity contribution in [2.45, 2.75) is 45.4 Å². The third kappa shape index (κ3) is 3.32. The SMILES string of the molecule is CCCCCOC(=O)[C@@]1(C(=O)O)C=CCCC1. The van der Waals surface area contributed by atoms with Gasteiger partial charge in [0.1, 0.15) is 0 Å². The lowest BCUT2D eigenvalue weighted by atomic mass is 9.79. The van der Waals surface area contributed by atoms with Crippen molar-refractivity contribution >= 4 is 11.9 Å². The van der Waals surface area contributed by atoms with Gasteiger partial charge in [0.2, 0.25) is 0 Å². The van der Waals surface area contributed by atoms with E-state index >= 15 is 0 Å².